The first-order valence-electron chi connectivity index (χ1n) is 9.38. The summed E-state index contributed by atoms with van der Waals surface area (Å²) in [4.78, 5) is 22.5. The van der Waals surface area contributed by atoms with Crippen molar-refractivity contribution in [2.24, 2.45) is 0 Å². The zero-order valence-electron chi connectivity index (χ0n) is 16.6. The highest BCUT2D eigenvalue weighted by molar-refractivity contribution is 7.91. The number of amides is 2. The lowest BCUT2D eigenvalue weighted by atomic mass is 10.2. The van der Waals surface area contributed by atoms with E-state index in [1.165, 1.54) is 6.07 Å². The Balaban J connectivity index is 1.67. The Bertz CT molecular complexity index is 972. The molecule has 1 fully saturated rings. The molecule has 1 aliphatic rings. The molecule has 1 aromatic carbocycles. The van der Waals surface area contributed by atoms with Crippen LogP contribution in [0.15, 0.2) is 30.3 Å². The lowest BCUT2D eigenvalue weighted by Gasteiger charge is -2.11. The molecule has 0 saturated heterocycles. The van der Waals surface area contributed by atoms with Gasteiger partial charge in [-0.25, -0.2) is 23.2 Å². The Hall–Kier alpha value is -2.72. The van der Waals surface area contributed by atoms with Gasteiger partial charge in [-0.15, -0.1) is 0 Å². The molecule has 0 radical (unpaired) electrons. The second-order valence-corrected chi connectivity index (χ2v) is 9.66. The summed E-state index contributed by atoms with van der Waals surface area (Å²) >= 11 is 0. The summed E-state index contributed by atoms with van der Waals surface area (Å²) in [6, 6.07) is 8.18. The maximum Gasteiger partial charge on any atom is 0.319 e. The summed E-state index contributed by atoms with van der Waals surface area (Å²) in [5.74, 6) is 0.441. The second-order valence-electron chi connectivity index (χ2n) is 7.38. The fraction of sp³-hybridized carbons (Fsp3) is 0.421. The molecule has 1 aliphatic carbocycles. The first kappa shape index (κ1) is 21.0. The minimum absolute atomic E-state index is 0.135. The van der Waals surface area contributed by atoms with Gasteiger partial charge < -0.3 is 21.3 Å². The summed E-state index contributed by atoms with van der Waals surface area (Å²) in [5.41, 5.74) is 7.55. The largest absolute Gasteiger partial charge is 0.384 e. The maximum absolute atomic E-state index is 12.2. The van der Waals surface area contributed by atoms with Gasteiger partial charge in [0.2, 0.25) is 0 Å². The number of hydrogen-bond donors (Lipinski definition) is 3. The van der Waals surface area contributed by atoms with Crippen LogP contribution in [0.1, 0.15) is 18.5 Å². The quantitative estimate of drug-likeness (QED) is 0.592. The summed E-state index contributed by atoms with van der Waals surface area (Å²) in [5, 5.41) is 5.27. The standard InChI is InChI=1S/C19H26N6O3S/c1-25(2)10-9-21-19(26)23-14-5-3-13(4-6-14)18-22-15(11-17(20)24-18)12-29(27,28)16-7-8-16/h3-6,11,16H,7-10,12H2,1-2H3,(H2,20,22,24)(H2,21,23,26). The highest BCUT2D eigenvalue weighted by Crippen LogP contribution is 2.31. The Kier molecular flexibility index (Phi) is 6.33. The number of aromatic nitrogens is 2. The number of carbonyl (C=O) groups excluding carboxylic acids is 1. The maximum atomic E-state index is 12.2. The van der Waals surface area contributed by atoms with Crippen LogP contribution in [0.4, 0.5) is 16.3 Å². The van der Waals surface area contributed by atoms with Crippen molar-refractivity contribution in [1.82, 2.24) is 20.2 Å². The molecule has 4 N–H and O–H groups in total. The lowest BCUT2D eigenvalue weighted by molar-refractivity contribution is 0.250. The third kappa shape index (κ3) is 6.13. The second kappa shape index (κ2) is 8.75. The fourth-order valence-electron chi connectivity index (χ4n) is 2.74. The van der Waals surface area contributed by atoms with Crippen LogP contribution in [0.3, 0.4) is 0 Å². The molecule has 10 heteroatoms. The number of carbonyl (C=O) groups is 1. The summed E-state index contributed by atoms with van der Waals surface area (Å²) in [6.07, 6.45) is 1.43. The van der Waals surface area contributed by atoms with E-state index >= 15 is 0 Å². The molecule has 0 aliphatic heterocycles. The predicted molar refractivity (Wildman–Crippen MR) is 113 cm³/mol. The number of likely N-dealkylation sites (N-methyl/N-ethyl adjacent to an activating group) is 1. The first-order chi connectivity index (χ1) is 13.7. The predicted octanol–water partition coefficient (Wildman–Crippen LogP) is 1.49. The van der Waals surface area contributed by atoms with Gasteiger partial charge in [0.05, 0.1) is 16.7 Å². The molecule has 3 rings (SSSR count). The molecule has 2 amide bonds. The van der Waals surface area contributed by atoms with Gasteiger partial charge in [-0.1, -0.05) is 0 Å². The van der Waals surface area contributed by atoms with Crippen molar-refractivity contribution in [2.75, 3.05) is 38.2 Å². The smallest absolute Gasteiger partial charge is 0.319 e. The normalized spacial score (nSPS) is 14.0. The van der Waals surface area contributed by atoms with Crippen molar-refractivity contribution >= 4 is 27.4 Å². The number of nitrogens with one attached hydrogen (secondary N) is 2. The zero-order valence-corrected chi connectivity index (χ0v) is 17.4. The number of nitrogens with zero attached hydrogens (tertiary/aromatic N) is 3. The molecule has 0 bridgehead atoms. The summed E-state index contributed by atoms with van der Waals surface area (Å²) in [6.45, 7) is 1.29. The minimum Gasteiger partial charge on any atom is -0.384 e. The van der Waals surface area contributed by atoms with Crippen LogP contribution in [-0.4, -0.2) is 61.8 Å². The highest BCUT2D eigenvalue weighted by atomic mass is 32.2. The van der Waals surface area contributed by atoms with Crippen molar-refractivity contribution in [3.63, 3.8) is 0 Å². The Morgan fingerprint density at radius 1 is 1.21 bits per heavy atom. The van der Waals surface area contributed by atoms with Gasteiger partial charge in [0, 0.05) is 30.4 Å². The number of anilines is 2. The molecule has 1 heterocycles. The number of sulfone groups is 1. The van der Waals surface area contributed by atoms with Gasteiger partial charge in [0.15, 0.2) is 15.7 Å². The van der Waals surface area contributed by atoms with Crippen LogP contribution in [-0.2, 0) is 15.6 Å². The average molecular weight is 419 g/mol. The van der Waals surface area contributed by atoms with Crippen molar-refractivity contribution in [3.05, 3.63) is 36.0 Å². The Labute approximate surface area is 170 Å². The third-order valence-electron chi connectivity index (χ3n) is 4.43. The molecule has 156 valence electrons. The SMILES string of the molecule is CN(C)CCNC(=O)Nc1ccc(-c2nc(N)cc(CS(=O)(=O)C3CC3)n2)cc1. The molecular formula is C19H26N6O3S. The van der Waals surface area contributed by atoms with E-state index in [-0.39, 0.29) is 22.9 Å². The van der Waals surface area contributed by atoms with E-state index in [0.29, 0.717) is 42.2 Å². The van der Waals surface area contributed by atoms with E-state index in [2.05, 4.69) is 20.6 Å². The van der Waals surface area contributed by atoms with E-state index in [1.807, 2.05) is 19.0 Å². The molecule has 0 atom stereocenters. The van der Waals surface area contributed by atoms with Crippen molar-refractivity contribution < 1.29 is 13.2 Å². The van der Waals surface area contributed by atoms with E-state index in [4.69, 9.17) is 5.73 Å². The highest BCUT2D eigenvalue weighted by Gasteiger charge is 2.35. The molecular weight excluding hydrogens is 392 g/mol. The first-order valence-corrected chi connectivity index (χ1v) is 11.1. The molecule has 1 aromatic heterocycles. The third-order valence-corrected chi connectivity index (χ3v) is 6.61. The minimum atomic E-state index is -3.19. The van der Waals surface area contributed by atoms with E-state index in [1.54, 1.807) is 24.3 Å². The Morgan fingerprint density at radius 3 is 2.52 bits per heavy atom. The van der Waals surface area contributed by atoms with Gasteiger partial charge in [0.1, 0.15) is 5.82 Å². The van der Waals surface area contributed by atoms with Crippen molar-refractivity contribution in [1.29, 1.82) is 0 Å². The van der Waals surface area contributed by atoms with E-state index in [0.717, 1.165) is 6.54 Å². The monoisotopic (exact) mass is 418 g/mol. The number of nitrogens with two attached hydrogens (primary N) is 1. The van der Waals surface area contributed by atoms with Crippen LogP contribution in [0.2, 0.25) is 0 Å². The molecule has 2 aromatic rings. The van der Waals surface area contributed by atoms with Crippen LogP contribution in [0, 0.1) is 0 Å². The van der Waals surface area contributed by atoms with Crippen LogP contribution in [0.5, 0.6) is 0 Å². The summed E-state index contributed by atoms with van der Waals surface area (Å²) < 4.78 is 24.5. The van der Waals surface area contributed by atoms with Gasteiger partial charge in [0.25, 0.3) is 0 Å². The molecule has 9 nitrogen and oxygen atoms in total. The number of rotatable bonds is 8. The molecule has 0 spiro atoms. The molecule has 0 unspecified atom stereocenters. The van der Waals surface area contributed by atoms with E-state index in [9.17, 15) is 13.2 Å². The van der Waals surface area contributed by atoms with Gasteiger partial charge in [-0.2, -0.15) is 0 Å². The number of benzene rings is 1. The van der Waals surface area contributed by atoms with Gasteiger partial charge in [-0.05, 0) is 51.2 Å². The number of urea groups is 1. The average Bonchev–Trinajstić information content (AvgIpc) is 3.47. The number of nitrogen functional groups attached to an aromatic ring is 1. The molecule has 1 saturated carbocycles. The fourth-order valence-corrected chi connectivity index (χ4v) is 4.39. The van der Waals surface area contributed by atoms with Crippen molar-refractivity contribution in [3.8, 4) is 11.4 Å². The lowest BCUT2D eigenvalue weighted by Crippen LogP contribution is -2.34. The topological polar surface area (TPSA) is 130 Å². The number of hydrogen-bond acceptors (Lipinski definition) is 7. The van der Waals surface area contributed by atoms with Crippen LogP contribution < -0.4 is 16.4 Å². The van der Waals surface area contributed by atoms with Gasteiger partial charge in [-0.3, -0.25) is 0 Å². The van der Waals surface area contributed by atoms with E-state index < -0.39 is 9.84 Å². The van der Waals surface area contributed by atoms with Gasteiger partial charge >= 0.3 is 6.03 Å². The van der Waals surface area contributed by atoms with Crippen molar-refractivity contribution in [2.45, 2.75) is 23.8 Å². The van der Waals surface area contributed by atoms with Crippen LogP contribution in [0.25, 0.3) is 11.4 Å². The van der Waals surface area contributed by atoms with Crippen LogP contribution >= 0.6 is 0 Å². The Morgan fingerprint density at radius 2 is 1.90 bits per heavy atom. The summed E-state index contributed by atoms with van der Waals surface area (Å²) in [7, 11) is 0.676. The molecule has 29 heavy (non-hydrogen) atoms. The zero-order chi connectivity index (χ0) is 21.0.